The molecule has 0 saturated carbocycles. The zero-order valence-corrected chi connectivity index (χ0v) is 12.7. The Morgan fingerprint density at radius 3 is 2.52 bits per heavy atom. The Labute approximate surface area is 134 Å². The van der Waals surface area contributed by atoms with Crippen LogP contribution >= 0.6 is 0 Å². The fraction of sp³-hybridized carbons (Fsp3) is 0.222. The summed E-state index contributed by atoms with van der Waals surface area (Å²) in [7, 11) is 0. The number of carbonyl (C=O) groups excluding carboxylic acids is 1. The van der Waals surface area contributed by atoms with Gasteiger partial charge in [0.15, 0.2) is 5.76 Å². The molecule has 116 valence electrons. The molecule has 0 N–H and O–H groups in total. The number of allylic oxidation sites excluding steroid dienone is 1. The maximum absolute atomic E-state index is 12.3. The second-order valence-corrected chi connectivity index (χ2v) is 5.63. The van der Waals surface area contributed by atoms with Gasteiger partial charge in [-0.05, 0) is 24.3 Å². The van der Waals surface area contributed by atoms with Gasteiger partial charge in [-0.25, -0.2) is 4.98 Å². The first kappa shape index (κ1) is 13.8. The molecule has 23 heavy (non-hydrogen) atoms. The van der Waals surface area contributed by atoms with Crippen LogP contribution in [0, 0.1) is 0 Å². The number of aromatic nitrogens is 1. The average molecular weight is 307 g/mol. The minimum absolute atomic E-state index is 0.0345. The van der Waals surface area contributed by atoms with Crippen molar-refractivity contribution in [2.75, 3.05) is 31.1 Å². The molecule has 1 saturated heterocycles. The first-order chi connectivity index (χ1) is 11.3. The molecule has 0 radical (unpaired) electrons. The Hall–Kier alpha value is -2.82. The molecule has 2 aliphatic heterocycles. The normalized spacial score (nSPS) is 19.0. The van der Waals surface area contributed by atoms with E-state index in [-0.39, 0.29) is 5.78 Å². The van der Waals surface area contributed by atoms with Gasteiger partial charge in [-0.1, -0.05) is 18.2 Å². The van der Waals surface area contributed by atoms with Crippen LogP contribution in [0.15, 0.2) is 60.6 Å². The van der Waals surface area contributed by atoms with Gasteiger partial charge < -0.3 is 14.5 Å². The van der Waals surface area contributed by atoms with E-state index < -0.39 is 0 Å². The molecule has 5 nitrogen and oxygen atoms in total. The maximum Gasteiger partial charge on any atom is 0.233 e. The van der Waals surface area contributed by atoms with Gasteiger partial charge in [-0.2, -0.15) is 0 Å². The first-order valence-corrected chi connectivity index (χ1v) is 7.75. The molecule has 1 aromatic heterocycles. The predicted octanol–water partition coefficient (Wildman–Crippen LogP) is 2.32. The molecule has 2 aliphatic rings. The van der Waals surface area contributed by atoms with Crippen LogP contribution in [-0.2, 0) is 0 Å². The van der Waals surface area contributed by atoms with Crippen LogP contribution in [0.2, 0.25) is 0 Å². The summed E-state index contributed by atoms with van der Waals surface area (Å²) < 4.78 is 5.68. The summed E-state index contributed by atoms with van der Waals surface area (Å²) in [5.74, 6) is 2.03. The monoisotopic (exact) mass is 307 g/mol. The number of rotatable bonds is 2. The third-order valence-corrected chi connectivity index (χ3v) is 4.16. The third-order valence-electron chi connectivity index (χ3n) is 4.16. The number of pyridine rings is 1. The number of benzene rings is 1. The molecular weight excluding hydrogens is 290 g/mol. The van der Waals surface area contributed by atoms with Crippen molar-refractivity contribution >= 4 is 11.6 Å². The van der Waals surface area contributed by atoms with E-state index in [0.717, 1.165) is 32.0 Å². The topological polar surface area (TPSA) is 45.7 Å². The predicted molar refractivity (Wildman–Crippen MR) is 87.5 cm³/mol. The van der Waals surface area contributed by atoms with E-state index in [1.165, 1.54) is 0 Å². The number of piperazine rings is 1. The van der Waals surface area contributed by atoms with Crippen LogP contribution in [-0.4, -0.2) is 41.8 Å². The molecule has 1 fully saturated rings. The molecule has 0 amide bonds. The summed E-state index contributed by atoms with van der Waals surface area (Å²) >= 11 is 0. The second-order valence-electron chi connectivity index (χ2n) is 5.63. The standard InChI is InChI=1S/C18H17N3O2/c22-18-14-5-1-2-6-15(14)23-16(18)13-20-9-11-21(12-10-20)17-7-3-4-8-19-17/h1-8,13H,9-12H2/b16-13-. The minimum atomic E-state index is -0.0345. The van der Waals surface area contributed by atoms with E-state index in [2.05, 4.69) is 14.8 Å². The zero-order valence-electron chi connectivity index (χ0n) is 12.7. The lowest BCUT2D eigenvalue weighted by Crippen LogP contribution is -2.44. The van der Waals surface area contributed by atoms with Crippen molar-refractivity contribution in [2.24, 2.45) is 0 Å². The lowest BCUT2D eigenvalue weighted by Gasteiger charge is -2.34. The number of fused-ring (bicyclic) bond motifs is 1. The average Bonchev–Trinajstić information content (AvgIpc) is 2.93. The van der Waals surface area contributed by atoms with Gasteiger partial charge >= 0.3 is 0 Å². The quantitative estimate of drug-likeness (QED) is 0.797. The van der Waals surface area contributed by atoms with Crippen LogP contribution in [0.1, 0.15) is 10.4 Å². The van der Waals surface area contributed by atoms with Crippen molar-refractivity contribution in [1.29, 1.82) is 0 Å². The fourth-order valence-corrected chi connectivity index (χ4v) is 2.91. The summed E-state index contributed by atoms with van der Waals surface area (Å²) in [6.07, 6.45) is 3.66. The van der Waals surface area contributed by atoms with Crippen molar-refractivity contribution < 1.29 is 9.53 Å². The highest BCUT2D eigenvalue weighted by Crippen LogP contribution is 2.30. The lowest BCUT2D eigenvalue weighted by atomic mass is 10.1. The van der Waals surface area contributed by atoms with Gasteiger partial charge in [0.1, 0.15) is 11.6 Å². The van der Waals surface area contributed by atoms with Gasteiger partial charge in [0.25, 0.3) is 0 Å². The summed E-state index contributed by atoms with van der Waals surface area (Å²) in [5, 5.41) is 0. The molecule has 0 atom stereocenters. The van der Waals surface area contributed by atoms with Crippen LogP contribution in [0.25, 0.3) is 0 Å². The molecule has 0 spiro atoms. The number of nitrogens with zero attached hydrogens (tertiary/aromatic N) is 3. The Morgan fingerprint density at radius 2 is 1.78 bits per heavy atom. The minimum Gasteiger partial charge on any atom is -0.451 e. The van der Waals surface area contributed by atoms with Gasteiger partial charge in [0.2, 0.25) is 5.78 Å². The van der Waals surface area contributed by atoms with Gasteiger partial charge in [0.05, 0.1) is 5.56 Å². The molecule has 4 rings (SSSR count). The van der Waals surface area contributed by atoms with E-state index in [1.807, 2.05) is 48.8 Å². The third kappa shape index (κ3) is 2.65. The fourth-order valence-electron chi connectivity index (χ4n) is 2.91. The van der Waals surface area contributed by atoms with Crippen molar-refractivity contribution in [1.82, 2.24) is 9.88 Å². The highest BCUT2D eigenvalue weighted by atomic mass is 16.5. The SMILES string of the molecule is O=C1/C(=C/N2CCN(c3ccccn3)CC2)Oc2ccccc21. The number of para-hydroxylation sites is 1. The largest absolute Gasteiger partial charge is 0.451 e. The van der Waals surface area contributed by atoms with Crippen molar-refractivity contribution in [3.05, 3.63) is 66.2 Å². The highest BCUT2D eigenvalue weighted by Gasteiger charge is 2.28. The Kier molecular flexibility index (Phi) is 3.46. The van der Waals surface area contributed by atoms with E-state index in [9.17, 15) is 4.79 Å². The van der Waals surface area contributed by atoms with E-state index in [4.69, 9.17) is 4.74 Å². The number of ether oxygens (including phenoxy) is 1. The number of anilines is 1. The summed E-state index contributed by atoms with van der Waals surface area (Å²) in [5.41, 5.74) is 0.644. The molecule has 5 heteroatoms. The van der Waals surface area contributed by atoms with Crippen molar-refractivity contribution in [3.8, 4) is 5.75 Å². The van der Waals surface area contributed by atoms with Crippen molar-refractivity contribution in [3.63, 3.8) is 0 Å². The van der Waals surface area contributed by atoms with Crippen LogP contribution in [0.3, 0.4) is 0 Å². The van der Waals surface area contributed by atoms with E-state index in [0.29, 0.717) is 17.1 Å². The van der Waals surface area contributed by atoms with E-state index in [1.54, 1.807) is 6.07 Å². The Balaban J connectivity index is 1.43. The summed E-state index contributed by atoms with van der Waals surface area (Å²) in [6.45, 7) is 3.43. The first-order valence-electron chi connectivity index (χ1n) is 7.75. The molecule has 3 heterocycles. The molecular formula is C18H17N3O2. The molecule has 0 aliphatic carbocycles. The van der Waals surface area contributed by atoms with Crippen LogP contribution < -0.4 is 9.64 Å². The van der Waals surface area contributed by atoms with Gasteiger partial charge in [-0.3, -0.25) is 4.79 Å². The van der Waals surface area contributed by atoms with Gasteiger partial charge in [-0.15, -0.1) is 0 Å². The molecule has 0 unspecified atom stereocenters. The Bertz CT molecular complexity index is 750. The molecule has 1 aromatic carbocycles. The summed E-state index contributed by atoms with van der Waals surface area (Å²) in [6, 6.07) is 13.3. The Morgan fingerprint density at radius 1 is 1.00 bits per heavy atom. The number of hydrogen-bond donors (Lipinski definition) is 0. The van der Waals surface area contributed by atoms with E-state index >= 15 is 0 Å². The zero-order chi connectivity index (χ0) is 15.6. The molecule has 2 aromatic rings. The van der Waals surface area contributed by atoms with Crippen LogP contribution in [0.4, 0.5) is 5.82 Å². The smallest absolute Gasteiger partial charge is 0.233 e. The summed E-state index contributed by atoms with van der Waals surface area (Å²) in [4.78, 5) is 21.1. The molecule has 0 bridgehead atoms. The highest BCUT2D eigenvalue weighted by molar-refractivity contribution is 6.12. The number of carbonyl (C=O) groups is 1. The number of hydrogen-bond acceptors (Lipinski definition) is 5. The number of ketones is 1. The van der Waals surface area contributed by atoms with Crippen molar-refractivity contribution in [2.45, 2.75) is 0 Å². The van der Waals surface area contributed by atoms with Gasteiger partial charge in [0, 0.05) is 38.6 Å². The van der Waals surface area contributed by atoms with Crippen LogP contribution in [0.5, 0.6) is 5.75 Å². The second kappa shape index (κ2) is 5.76. The maximum atomic E-state index is 12.3. The number of Topliss-reactive ketones (excluding diaryl/α,β-unsaturated/α-hetero) is 1. The lowest BCUT2D eigenvalue weighted by molar-refractivity contribution is 0.101.